The SMILES string of the molecule is CCC(C1CCCN1)N(Cc1cc(Br)ccc1OC)Cc1cccc2ccccc12. The Morgan fingerprint density at radius 3 is 2.63 bits per heavy atom. The molecule has 1 heterocycles. The first kappa shape index (κ1) is 21.4. The zero-order valence-corrected chi connectivity index (χ0v) is 19.5. The van der Waals surface area contributed by atoms with E-state index in [1.165, 1.54) is 34.7 Å². The lowest BCUT2D eigenvalue weighted by molar-refractivity contribution is 0.140. The van der Waals surface area contributed by atoms with E-state index in [1.807, 2.05) is 6.07 Å². The predicted molar refractivity (Wildman–Crippen MR) is 129 cm³/mol. The molecule has 0 saturated carbocycles. The molecule has 1 aliphatic rings. The minimum atomic E-state index is 0.482. The number of halogens is 1. The molecule has 3 aromatic carbocycles. The molecule has 1 saturated heterocycles. The fourth-order valence-corrected chi connectivity index (χ4v) is 5.27. The van der Waals surface area contributed by atoms with Crippen molar-refractivity contribution in [1.82, 2.24) is 10.2 Å². The van der Waals surface area contributed by atoms with Crippen LogP contribution in [0.25, 0.3) is 10.8 Å². The Morgan fingerprint density at radius 1 is 1.07 bits per heavy atom. The number of rotatable bonds is 8. The normalized spacial score (nSPS) is 17.5. The molecule has 4 heteroatoms. The van der Waals surface area contributed by atoms with E-state index in [4.69, 9.17) is 4.74 Å². The van der Waals surface area contributed by atoms with E-state index in [9.17, 15) is 0 Å². The molecule has 1 fully saturated rings. The second kappa shape index (κ2) is 9.95. The van der Waals surface area contributed by atoms with E-state index in [1.54, 1.807) is 7.11 Å². The number of ether oxygens (including phenoxy) is 1. The van der Waals surface area contributed by atoms with Gasteiger partial charge in [0.25, 0.3) is 0 Å². The van der Waals surface area contributed by atoms with Gasteiger partial charge in [0.15, 0.2) is 0 Å². The Labute approximate surface area is 188 Å². The molecule has 2 atom stereocenters. The van der Waals surface area contributed by atoms with Crippen LogP contribution in [0.5, 0.6) is 5.75 Å². The van der Waals surface area contributed by atoms with Gasteiger partial charge in [-0.2, -0.15) is 0 Å². The summed E-state index contributed by atoms with van der Waals surface area (Å²) in [6.07, 6.45) is 3.64. The van der Waals surface area contributed by atoms with Crippen LogP contribution in [0.3, 0.4) is 0 Å². The van der Waals surface area contributed by atoms with Crippen LogP contribution in [-0.2, 0) is 13.1 Å². The van der Waals surface area contributed by atoms with Gasteiger partial charge in [0, 0.05) is 35.2 Å². The van der Waals surface area contributed by atoms with Crippen LogP contribution in [0.1, 0.15) is 37.3 Å². The Kier molecular flexibility index (Phi) is 7.08. The molecule has 3 nitrogen and oxygen atoms in total. The Hall–Kier alpha value is -1.88. The second-order valence-corrected chi connectivity index (χ2v) is 9.09. The third kappa shape index (κ3) is 4.72. The highest BCUT2D eigenvalue weighted by Crippen LogP contribution is 2.29. The molecule has 3 aromatic rings. The van der Waals surface area contributed by atoms with Crippen LogP contribution in [-0.4, -0.2) is 30.6 Å². The maximum absolute atomic E-state index is 5.70. The highest BCUT2D eigenvalue weighted by atomic mass is 79.9. The van der Waals surface area contributed by atoms with Gasteiger partial charge in [-0.25, -0.2) is 0 Å². The second-order valence-electron chi connectivity index (χ2n) is 8.18. The van der Waals surface area contributed by atoms with Crippen molar-refractivity contribution in [3.63, 3.8) is 0 Å². The molecule has 0 spiro atoms. The van der Waals surface area contributed by atoms with E-state index in [0.717, 1.165) is 36.3 Å². The molecule has 0 amide bonds. The standard InChI is InChI=1S/C26H31BrN2O/c1-3-25(24-12-7-15-28-24)29(18-21-16-22(27)13-14-26(21)30-2)17-20-10-6-9-19-8-4-5-11-23(19)20/h4-6,8-11,13-14,16,24-25,28H,3,7,12,15,17-18H2,1-2H3. The fraction of sp³-hybridized carbons (Fsp3) is 0.385. The molecule has 2 unspecified atom stereocenters. The number of methoxy groups -OCH3 is 1. The van der Waals surface area contributed by atoms with Gasteiger partial charge in [0.2, 0.25) is 0 Å². The maximum Gasteiger partial charge on any atom is 0.123 e. The van der Waals surface area contributed by atoms with Crippen LogP contribution < -0.4 is 10.1 Å². The van der Waals surface area contributed by atoms with Gasteiger partial charge in [0.05, 0.1) is 7.11 Å². The maximum atomic E-state index is 5.70. The zero-order chi connectivity index (χ0) is 20.9. The summed E-state index contributed by atoms with van der Waals surface area (Å²) in [4.78, 5) is 2.65. The quantitative estimate of drug-likeness (QED) is 0.431. The molecule has 0 aromatic heterocycles. The molecule has 0 aliphatic carbocycles. The van der Waals surface area contributed by atoms with Gasteiger partial charge in [0.1, 0.15) is 5.75 Å². The summed E-state index contributed by atoms with van der Waals surface area (Å²) < 4.78 is 6.79. The number of nitrogens with zero attached hydrogens (tertiary/aromatic N) is 1. The first-order valence-electron chi connectivity index (χ1n) is 11.0. The minimum Gasteiger partial charge on any atom is -0.496 e. The summed E-state index contributed by atoms with van der Waals surface area (Å²) in [5.41, 5.74) is 2.61. The van der Waals surface area contributed by atoms with Gasteiger partial charge in [-0.1, -0.05) is 65.3 Å². The molecule has 0 radical (unpaired) electrons. The molecule has 4 rings (SSSR count). The van der Waals surface area contributed by atoms with Crippen LogP contribution in [0, 0.1) is 0 Å². The fourth-order valence-electron chi connectivity index (χ4n) is 4.87. The van der Waals surface area contributed by atoms with Gasteiger partial charge in [-0.3, -0.25) is 4.90 Å². The first-order valence-corrected chi connectivity index (χ1v) is 11.8. The number of hydrogen-bond acceptors (Lipinski definition) is 3. The van der Waals surface area contributed by atoms with Gasteiger partial charge < -0.3 is 10.1 Å². The van der Waals surface area contributed by atoms with Crippen molar-refractivity contribution in [1.29, 1.82) is 0 Å². The van der Waals surface area contributed by atoms with E-state index >= 15 is 0 Å². The average Bonchev–Trinajstić information content (AvgIpc) is 3.29. The van der Waals surface area contributed by atoms with Crippen LogP contribution in [0.15, 0.2) is 65.1 Å². The predicted octanol–water partition coefficient (Wildman–Crippen LogP) is 6.14. The van der Waals surface area contributed by atoms with Crippen molar-refractivity contribution in [3.8, 4) is 5.75 Å². The highest BCUT2D eigenvalue weighted by Gasteiger charge is 2.29. The lowest BCUT2D eigenvalue weighted by Gasteiger charge is -2.36. The summed E-state index contributed by atoms with van der Waals surface area (Å²) in [7, 11) is 1.76. The van der Waals surface area contributed by atoms with Crippen molar-refractivity contribution < 1.29 is 4.74 Å². The average molecular weight is 467 g/mol. The van der Waals surface area contributed by atoms with Crippen LogP contribution >= 0.6 is 15.9 Å². The smallest absolute Gasteiger partial charge is 0.123 e. The van der Waals surface area contributed by atoms with E-state index < -0.39 is 0 Å². The lowest BCUT2D eigenvalue weighted by atomic mass is 9.98. The summed E-state index contributed by atoms with van der Waals surface area (Å²) >= 11 is 3.65. The van der Waals surface area contributed by atoms with Crippen molar-refractivity contribution in [2.45, 2.75) is 51.4 Å². The van der Waals surface area contributed by atoms with Crippen LogP contribution in [0.2, 0.25) is 0 Å². The molecule has 0 bridgehead atoms. The monoisotopic (exact) mass is 466 g/mol. The van der Waals surface area contributed by atoms with Gasteiger partial charge in [-0.05, 0) is 60.3 Å². The van der Waals surface area contributed by atoms with Crippen molar-refractivity contribution in [2.75, 3.05) is 13.7 Å². The highest BCUT2D eigenvalue weighted by molar-refractivity contribution is 9.10. The number of fused-ring (bicyclic) bond motifs is 1. The molecule has 1 aliphatic heterocycles. The Balaban J connectivity index is 1.70. The topological polar surface area (TPSA) is 24.5 Å². The summed E-state index contributed by atoms with van der Waals surface area (Å²) in [5, 5.41) is 6.41. The van der Waals surface area contributed by atoms with Crippen LogP contribution in [0.4, 0.5) is 0 Å². The summed E-state index contributed by atoms with van der Waals surface area (Å²) in [6.45, 7) is 5.23. The van der Waals surface area contributed by atoms with E-state index in [2.05, 4.69) is 87.7 Å². The third-order valence-electron chi connectivity index (χ3n) is 6.32. The van der Waals surface area contributed by atoms with Crippen molar-refractivity contribution in [2.24, 2.45) is 0 Å². The molecular weight excluding hydrogens is 436 g/mol. The van der Waals surface area contributed by atoms with Gasteiger partial charge in [-0.15, -0.1) is 0 Å². The zero-order valence-electron chi connectivity index (χ0n) is 17.9. The molecule has 30 heavy (non-hydrogen) atoms. The van der Waals surface area contributed by atoms with Gasteiger partial charge >= 0.3 is 0 Å². The Bertz CT molecular complexity index is 978. The molecule has 158 valence electrons. The summed E-state index contributed by atoms with van der Waals surface area (Å²) in [6, 6.07) is 22.7. The third-order valence-corrected chi connectivity index (χ3v) is 6.81. The van der Waals surface area contributed by atoms with Crippen molar-refractivity contribution in [3.05, 3.63) is 76.3 Å². The lowest BCUT2D eigenvalue weighted by Crippen LogP contribution is -2.46. The largest absolute Gasteiger partial charge is 0.496 e. The van der Waals surface area contributed by atoms with E-state index in [-0.39, 0.29) is 0 Å². The molecular formula is C26H31BrN2O. The molecule has 1 N–H and O–H groups in total. The number of nitrogens with one attached hydrogen (secondary N) is 1. The van der Waals surface area contributed by atoms with Crippen molar-refractivity contribution >= 4 is 26.7 Å². The summed E-state index contributed by atoms with van der Waals surface area (Å²) in [5.74, 6) is 0.954. The first-order chi connectivity index (χ1) is 14.7. The number of hydrogen-bond donors (Lipinski definition) is 1. The Morgan fingerprint density at radius 2 is 1.87 bits per heavy atom. The number of benzene rings is 3. The minimum absolute atomic E-state index is 0.482. The van der Waals surface area contributed by atoms with E-state index in [0.29, 0.717) is 12.1 Å².